The summed E-state index contributed by atoms with van der Waals surface area (Å²) in [7, 11) is 0. The van der Waals surface area contributed by atoms with E-state index in [0.717, 1.165) is 36.8 Å². The van der Waals surface area contributed by atoms with Gasteiger partial charge in [-0.2, -0.15) is 0 Å². The van der Waals surface area contributed by atoms with Crippen LogP contribution in [0.25, 0.3) is 11.1 Å². The number of ether oxygens (including phenoxy) is 1. The Kier molecular flexibility index (Phi) is 7.50. The number of aliphatic carboxylic acids is 1. The van der Waals surface area contributed by atoms with Gasteiger partial charge >= 0.3 is 12.1 Å². The summed E-state index contributed by atoms with van der Waals surface area (Å²) < 4.78 is 5.56. The van der Waals surface area contributed by atoms with Gasteiger partial charge in [-0.15, -0.1) is 0 Å². The van der Waals surface area contributed by atoms with Crippen molar-refractivity contribution >= 4 is 18.0 Å². The first kappa shape index (κ1) is 23.8. The zero-order chi connectivity index (χ0) is 24.1. The zero-order valence-electron chi connectivity index (χ0n) is 19.5. The summed E-state index contributed by atoms with van der Waals surface area (Å²) in [5, 5.41) is 14.9. The molecule has 0 radical (unpaired) electrons. The van der Waals surface area contributed by atoms with Crippen LogP contribution in [-0.4, -0.2) is 41.8 Å². The van der Waals surface area contributed by atoms with E-state index < -0.39 is 18.1 Å². The minimum Gasteiger partial charge on any atom is -0.481 e. The molecule has 7 nitrogen and oxygen atoms in total. The van der Waals surface area contributed by atoms with Crippen molar-refractivity contribution in [2.75, 3.05) is 6.61 Å². The number of fused-ring (bicyclic) bond motifs is 3. The number of hydrogen-bond donors (Lipinski definition) is 3. The minimum absolute atomic E-state index is 0.0192. The molecule has 3 N–H and O–H groups in total. The lowest BCUT2D eigenvalue weighted by molar-refractivity contribution is -0.139. The first-order chi connectivity index (χ1) is 16.4. The van der Waals surface area contributed by atoms with Crippen LogP contribution >= 0.6 is 0 Å². The van der Waals surface area contributed by atoms with Gasteiger partial charge in [-0.25, -0.2) is 4.79 Å². The van der Waals surface area contributed by atoms with E-state index in [1.807, 2.05) is 24.3 Å². The Labute approximate surface area is 199 Å². The Morgan fingerprint density at radius 3 is 2.26 bits per heavy atom. The van der Waals surface area contributed by atoms with Crippen molar-refractivity contribution in [3.63, 3.8) is 0 Å². The third kappa shape index (κ3) is 5.58. The van der Waals surface area contributed by atoms with Crippen molar-refractivity contribution in [1.82, 2.24) is 10.6 Å². The molecule has 2 aromatic rings. The summed E-state index contributed by atoms with van der Waals surface area (Å²) in [6.07, 6.45) is 3.20. The Balaban J connectivity index is 1.27. The average molecular weight is 465 g/mol. The Bertz CT molecular complexity index is 1010. The highest BCUT2D eigenvalue weighted by molar-refractivity contribution is 5.80. The molecule has 1 unspecified atom stereocenters. The van der Waals surface area contributed by atoms with Crippen molar-refractivity contribution in [3.05, 3.63) is 59.7 Å². The molecule has 7 heteroatoms. The standard InChI is InChI=1S/C27H32N2O5/c1-17(14-25(30)29-24-13-7-2-8-18(24)15-26(31)32)28-27(33)34-16-23-21-11-5-3-9-19(21)20-10-4-6-12-22(20)23/h3-6,9-12,17-18,23-24H,2,7-8,13-16H2,1H3,(H,28,33)(H,29,30)(H,31,32)/t17?,18-,24-/m1/s1. The molecule has 1 saturated carbocycles. The smallest absolute Gasteiger partial charge is 0.407 e. The van der Waals surface area contributed by atoms with Crippen molar-refractivity contribution in [3.8, 4) is 11.1 Å². The van der Waals surface area contributed by atoms with Crippen LogP contribution in [-0.2, 0) is 14.3 Å². The van der Waals surface area contributed by atoms with E-state index >= 15 is 0 Å². The molecule has 0 aliphatic heterocycles. The van der Waals surface area contributed by atoms with E-state index in [9.17, 15) is 14.4 Å². The monoisotopic (exact) mass is 464 g/mol. The number of carboxylic acids is 1. The molecular formula is C27H32N2O5. The van der Waals surface area contributed by atoms with Crippen molar-refractivity contribution in [2.45, 2.75) is 63.5 Å². The molecule has 0 aromatic heterocycles. The van der Waals surface area contributed by atoms with Crippen LogP contribution < -0.4 is 10.6 Å². The highest BCUT2D eigenvalue weighted by Gasteiger charge is 2.30. The molecule has 2 aliphatic rings. The highest BCUT2D eigenvalue weighted by atomic mass is 16.5. The number of hydrogen-bond acceptors (Lipinski definition) is 4. The summed E-state index contributed by atoms with van der Waals surface area (Å²) in [4.78, 5) is 36.1. The third-order valence-electron chi connectivity index (χ3n) is 6.89. The SMILES string of the molecule is CC(CC(=O)N[C@@H]1CCCC[C@@H]1CC(=O)O)NC(=O)OCC1c2ccccc2-c2ccccc21. The number of carbonyl (C=O) groups is 3. The summed E-state index contributed by atoms with van der Waals surface area (Å²) >= 11 is 0. The fraction of sp³-hybridized carbons (Fsp3) is 0.444. The molecule has 0 spiro atoms. The molecule has 180 valence electrons. The Morgan fingerprint density at radius 1 is 1.00 bits per heavy atom. The van der Waals surface area contributed by atoms with Crippen LogP contribution in [0.15, 0.2) is 48.5 Å². The maximum Gasteiger partial charge on any atom is 0.407 e. The lowest BCUT2D eigenvalue weighted by Crippen LogP contribution is -2.45. The third-order valence-corrected chi connectivity index (χ3v) is 6.89. The number of carbonyl (C=O) groups excluding carboxylic acids is 2. The first-order valence-electron chi connectivity index (χ1n) is 12.0. The van der Waals surface area contributed by atoms with Crippen molar-refractivity contribution < 1.29 is 24.2 Å². The van der Waals surface area contributed by atoms with Crippen LogP contribution in [0.5, 0.6) is 0 Å². The van der Waals surface area contributed by atoms with E-state index in [4.69, 9.17) is 9.84 Å². The van der Waals surface area contributed by atoms with Gasteiger partial charge in [0.15, 0.2) is 0 Å². The van der Waals surface area contributed by atoms with Gasteiger partial charge in [-0.3, -0.25) is 9.59 Å². The van der Waals surface area contributed by atoms with Crippen LogP contribution in [0.2, 0.25) is 0 Å². The van der Waals surface area contributed by atoms with Gasteiger partial charge in [-0.1, -0.05) is 61.4 Å². The highest BCUT2D eigenvalue weighted by Crippen LogP contribution is 2.44. The van der Waals surface area contributed by atoms with Gasteiger partial charge in [0.25, 0.3) is 0 Å². The van der Waals surface area contributed by atoms with Gasteiger partial charge < -0.3 is 20.5 Å². The molecule has 2 aromatic carbocycles. The number of rotatable bonds is 8. The second-order valence-corrected chi connectivity index (χ2v) is 9.39. The number of nitrogens with one attached hydrogen (secondary N) is 2. The normalized spacial score (nSPS) is 20.0. The van der Waals surface area contributed by atoms with Gasteiger partial charge in [0.05, 0.1) is 6.42 Å². The van der Waals surface area contributed by atoms with Crippen LogP contribution in [0, 0.1) is 5.92 Å². The molecular weight excluding hydrogens is 432 g/mol. The first-order valence-corrected chi connectivity index (χ1v) is 12.0. The van der Waals surface area contributed by atoms with Gasteiger partial charge in [-0.05, 0) is 47.9 Å². The topological polar surface area (TPSA) is 105 Å². The number of benzene rings is 2. The maximum absolute atomic E-state index is 12.5. The molecule has 4 rings (SSSR count). The molecule has 34 heavy (non-hydrogen) atoms. The average Bonchev–Trinajstić information content (AvgIpc) is 3.12. The second kappa shape index (κ2) is 10.7. The summed E-state index contributed by atoms with van der Waals surface area (Å²) in [5.41, 5.74) is 4.63. The predicted molar refractivity (Wildman–Crippen MR) is 128 cm³/mol. The summed E-state index contributed by atoms with van der Waals surface area (Å²) in [6.45, 7) is 1.98. The Hall–Kier alpha value is -3.35. The van der Waals surface area contributed by atoms with Gasteiger partial charge in [0, 0.05) is 24.4 Å². The van der Waals surface area contributed by atoms with Crippen LogP contribution in [0.3, 0.4) is 0 Å². The van der Waals surface area contributed by atoms with Gasteiger partial charge in [0.1, 0.15) is 6.61 Å². The lowest BCUT2D eigenvalue weighted by atomic mass is 9.82. The maximum atomic E-state index is 12.5. The van der Waals surface area contributed by atoms with Gasteiger partial charge in [0.2, 0.25) is 5.91 Å². The largest absolute Gasteiger partial charge is 0.481 e. The van der Waals surface area contributed by atoms with E-state index in [-0.39, 0.29) is 43.2 Å². The fourth-order valence-electron chi connectivity index (χ4n) is 5.30. The van der Waals surface area contributed by atoms with Crippen LogP contribution in [0.4, 0.5) is 4.79 Å². The summed E-state index contributed by atoms with van der Waals surface area (Å²) in [6, 6.07) is 15.8. The van der Waals surface area contributed by atoms with Crippen molar-refractivity contribution in [1.29, 1.82) is 0 Å². The molecule has 0 bridgehead atoms. The fourth-order valence-corrected chi connectivity index (χ4v) is 5.30. The number of alkyl carbamates (subject to hydrolysis) is 1. The molecule has 1 fully saturated rings. The minimum atomic E-state index is -0.837. The zero-order valence-corrected chi connectivity index (χ0v) is 19.5. The van der Waals surface area contributed by atoms with E-state index in [2.05, 4.69) is 34.9 Å². The quantitative estimate of drug-likeness (QED) is 0.535. The molecule has 3 atom stereocenters. The molecule has 0 saturated heterocycles. The van der Waals surface area contributed by atoms with E-state index in [1.54, 1.807) is 6.92 Å². The Morgan fingerprint density at radius 2 is 1.62 bits per heavy atom. The van der Waals surface area contributed by atoms with Crippen LogP contribution in [0.1, 0.15) is 62.5 Å². The molecule has 2 amide bonds. The second-order valence-electron chi connectivity index (χ2n) is 9.39. The molecule has 0 heterocycles. The number of carboxylic acid groups (broad SMARTS) is 1. The summed E-state index contributed by atoms with van der Waals surface area (Å²) in [5.74, 6) is -1.08. The predicted octanol–water partition coefficient (Wildman–Crippen LogP) is 4.45. The number of amides is 2. The van der Waals surface area contributed by atoms with Crippen molar-refractivity contribution in [2.24, 2.45) is 5.92 Å². The lowest BCUT2D eigenvalue weighted by Gasteiger charge is -2.31. The van der Waals surface area contributed by atoms with E-state index in [1.165, 1.54) is 11.1 Å². The molecule has 2 aliphatic carbocycles. The van der Waals surface area contributed by atoms with E-state index in [0.29, 0.717) is 0 Å².